The van der Waals surface area contributed by atoms with Gasteiger partial charge in [-0.25, -0.2) is 0 Å². The van der Waals surface area contributed by atoms with Crippen LogP contribution < -0.4 is 5.32 Å². The summed E-state index contributed by atoms with van der Waals surface area (Å²) in [5.74, 6) is 1.17. The molecule has 2 aromatic rings. The average Bonchev–Trinajstić information content (AvgIpc) is 3.05. The van der Waals surface area contributed by atoms with Gasteiger partial charge in [-0.05, 0) is 37.5 Å². The van der Waals surface area contributed by atoms with Crippen molar-refractivity contribution in [3.63, 3.8) is 0 Å². The van der Waals surface area contributed by atoms with E-state index in [0.29, 0.717) is 6.04 Å². The van der Waals surface area contributed by atoms with E-state index < -0.39 is 0 Å². The zero-order valence-corrected chi connectivity index (χ0v) is 11.6. The quantitative estimate of drug-likeness (QED) is 0.887. The topological polar surface area (TPSA) is 30.1 Å². The smallest absolute Gasteiger partial charge is 0.108 e. The van der Waals surface area contributed by atoms with Gasteiger partial charge in [0.15, 0.2) is 0 Å². The Morgan fingerprint density at radius 1 is 1.42 bits per heavy atom. The van der Waals surface area contributed by atoms with E-state index in [0.717, 1.165) is 19.5 Å². The van der Waals surface area contributed by atoms with E-state index in [9.17, 15) is 0 Å². The third kappa shape index (κ3) is 2.61. The number of nitrogens with one attached hydrogen (secondary N) is 1. The SMILES string of the molecule is CCCn1cccc1CNC1CCCc2occc21. The van der Waals surface area contributed by atoms with Crippen molar-refractivity contribution < 1.29 is 4.42 Å². The number of fused-ring (bicyclic) bond motifs is 1. The number of aryl methyl sites for hydroxylation is 2. The van der Waals surface area contributed by atoms with Crippen molar-refractivity contribution >= 4 is 0 Å². The van der Waals surface area contributed by atoms with Crippen molar-refractivity contribution in [3.8, 4) is 0 Å². The van der Waals surface area contributed by atoms with E-state index in [1.807, 2.05) is 6.26 Å². The molecule has 1 aliphatic carbocycles. The normalized spacial score (nSPS) is 18.5. The van der Waals surface area contributed by atoms with Gasteiger partial charge in [-0.3, -0.25) is 0 Å². The highest BCUT2D eigenvalue weighted by Crippen LogP contribution is 2.30. The highest BCUT2D eigenvalue weighted by Gasteiger charge is 2.22. The summed E-state index contributed by atoms with van der Waals surface area (Å²) >= 11 is 0. The highest BCUT2D eigenvalue weighted by molar-refractivity contribution is 5.24. The maximum Gasteiger partial charge on any atom is 0.108 e. The molecule has 0 amide bonds. The summed E-state index contributed by atoms with van der Waals surface area (Å²) in [4.78, 5) is 0. The minimum absolute atomic E-state index is 0.451. The molecule has 0 radical (unpaired) electrons. The van der Waals surface area contributed by atoms with Crippen LogP contribution in [-0.4, -0.2) is 4.57 Å². The molecule has 102 valence electrons. The van der Waals surface area contributed by atoms with Crippen LogP contribution in [-0.2, 0) is 19.5 Å². The number of hydrogen-bond donors (Lipinski definition) is 1. The van der Waals surface area contributed by atoms with Gasteiger partial charge in [-0.1, -0.05) is 6.92 Å². The summed E-state index contributed by atoms with van der Waals surface area (Å²) in [5.41, 5.74) is 2.73. The monoisotopic (exact) mass is 258 g/mol. The van der Waals surface area contributed by atoms with Crippen LogP contribution in [0.5, 0.6) is 0 Å². The summed E-state index contributed by atoms with van der Waals surface area (Å²) in [7, 11) is 0. The lowest BCUT2D eigenvalue weighted by molar-refractivity contribution is 0.406. The van der Waals surface area contributed by atoms with E-state index in [1.54, 1.807) is 0 Å². The minimum Gasteiger partial charge on any atom is -0.469 e. The zero-order chi connectivity index (χ0) is 13.1. The van der Waals surface area contributed by atoms with Crippen molar-refractivity contribution in [2.24, 2.45) is 0 Å². The van der Waals surface area contributed by atoms with Gasteiger partial charge in [-0.2, -0.15) is 0 Å². The summed E-state index contributed by atoms with van der Waals surface area (Å²) in [5, 5.41) is 3.68. The van der Waals surface area contributed by atoms with Crippen molar-refractivity contribution in [2.45, 2.75) is 51.7 Å². The summed E-state index contributed by atoms with van der Waals surface area (Å²) in [6, 6.07) is 6.92. The molecule has 0 saturated heterocycles. The summed E-state index contributed by atoms with van der Waals surface area (Å²) < 4.78 is 7.88. The molecule has 3 heteroatoms. The largest absolute Gasteiger partial charge is 0.469 e. The molecule has 0 spiro atoms. The first-order valence-corrected chi connectivity index (χ1v) is 7.32. The van der Waals surface area contributed by atoms with E-state index in [1.165, 1.54) is 36.3 Å². The fourth-order valence-electron chi connectivity index (χ4n) is 3.00. The second kappa shape index (κ2) is 5.66. The Bertz CT molecular complexity index is 526. The third-order valence-electron chi connectivity index (χ3n) is 3.97. The molecule has 3 nitrogen and oxygen atoms in total. The molecular weight excluding hydrogens is 236 g/mol. The second-order valence-electron chi connectivity index (χ2n) is 5.32. The molecule has 1 N–H and O–H groups in total. The first-order valence-electron chi connectivity index (χ1n) is 7.32. The van der Waals surface area contributed by atoms with Crippen molar-refractivity contribution in [1.29, 1.82) is 0 Å². The van der Waals surface area contributed by atoms with Crippen LogP contribution >= 0.6 is 0 Å². The Labute approximate surface area is 114 Å². The summed E-state index contributed by atoms with van der Waals surface area (Å²) in [6.45, 7) is 4.25. The lowest BCUT2D eigenvalue weighted by Gasteiger charge is -2.23. The Kier molecular flexibility index (Phi) is 3.74. The Balaban J connectivity index is 1.66. The Morgan fingerprint density at radius 3 is 3.26 bits per heavy atom. The molecule has 0 aliphatic heterocycles. The number of furan rings is 1. The maximum absolute atomic E-state index is 5.54. The van der Waals surface area contributed by atoms with Crippen LogP contribution in [0.25, 0.3) is 0 Å². The van der Waals surface area contributed by atoms with E-state index >= 15 is 0 Å². The molecule has 0 fully saturated rings. The van der Waals surface area contributed by atoms with Crippen molar-refractivity contribution in [3.05, 3.63) is 47.7 Å². The van der Waals surface area contributed by atoms with Crippen LogP contribution in [0, 0.1) is 0 Å². The first-order chi connectivity index (χ1) is 9.38. The predicted octanol–water partition coefficient (Wildman–Crippen LogP) is 3.66. The average molecular weight is 258 g/mol. The first kappa shape index (κ1) is 12.5. The highest BCUT2D eigenvalue weighted by atomic mass is 16.3. The van der Waals surface area contributed by atoms with E-state index in [4.69, 9.17) is 4.42 Å². The van der Waals surface area contributed by atoms with E-state index in [2.05, 4.69) is 41.2 Å². The third-order valence-corrected chi connectivity index (χ3v) is 3.97. The fourth-order valence-corrected chi connectivity index (χ4v) is 3.00. The standard InChI is InChI=1S/C16H22N2O/c1-2-9-18-10-4-5-13(18)12-17-15-6-3-7-16-14(15)8-11-19-16/h4-5,8,10-11,15,17H,2-3,6-7,9,12H2,1H3. The molecule has 2 heterocycles. The van der Waals surface area contributed by atoms with Gasteiger partial charge in [0.2, 0.25) is 0 Å². The van der Waals surface area contributed by atoms with Gasteiger partial charge in [-0.15, -0.1) is 0 Å². The fraction of sp³-hybridized carbons (Fsp3) is 0.500. The Morgan fingerprint density at radius 2 is 2.37 bits per heavy atom. The zero-order valence-electron chi connectivity index (χ0n) is 11.6. The predicted molar refractivity (Wildman–Crippen MR) is 75.9 cm³/mol. The minimum atomic E-state index is 0.451. The maximum atomic E-state index is 5.54. The second-order valence-corrected chi connectivity index (χ2v) is 5.32. The van der Waals surface area contributed by atoms with Gasteiger partial charge in [0.25, 0.3) is 0 Å². The molecule has 0 saturated carbocycles. The molecule has 2 aromatic heterocycles. The molecule has 0 bridgehead atoms. The van der Waals surface area contributed by atoms with Crippen LogP contribution in [0.3, 0.4) is 0 Å². The number of nitrogens with zero attached hydrogens (tertiary/aromatic N) is 1. The lowest BCUT2D eigenvalue weighted by atomic mass is 9.93. The summed E-state index contributed by atoms with van der Waals surface area (Å²) in [6.07, 6.45) is 8.69. The molecule has 3 rings (SSSR count). The molecular formula is C16H22N2O. The van der Waals surface area contributed by atoms with Crippen LogP contribution in [0.4, 0.5) is 0 Å². The lowest BCUT2D eigenvalue weighted by Crippen LogP contribution is -2.25. The van der Waals surface area contributed by atoms with Crippen molar-refractivity contribution in [1.82, 2.24) is 9.88 Å². The molecule has 1 aliphatic rings. The van der Waals surface area contributed by atoms with Gasteiger partial charge in [0.1, 0.15) is 5.76 Å². The molecule has 1 unspecified atom stereocenters. The van der Waals surface area contributed by atoms with Gasteiger partial charge in [0.05, 0.1) is 6.26 Å². The van der Waals surface area contributed by atoms with Gasteiger partial charge in [0, 0.05) is 43.0 Å². The molecule has 19 heavy (non-hydrogen) atoms. The van der Waals surface area contributed by atoms with Crippen LogP contribution in [0.2, 0.25) is 0 Å². The Hall–Kier alpha value is -1.48. The van der Waals surface area contributed by atoms with Crippen LogP contribution in [0.15, 0.2) is 35.1 Å². The molecule has 0 aromatic carbocycles. The number of aromatic nitrogens is 1. The molecule has 1 atom stereocenters. The van der Waals surface area contributed by atoms with E-state index in [-0.39, 0.29) is 0 Å². The van der Waals surface area contributed by atoms with Gasteiger partial charge < -0.3 is 14.3 Å². The van der Waals surface area contributed by atoms with Crippen molar-refractivity contribution in [2.75, 3.05) is 0 Å². The van der Waals surface area contributed by atoms with Gasteiger partial charge >= 0.3 is 0 Å². The number of rotatable bonds is 5. The number of hydrogen-bond acceptors (Lipinski definition) is 2. The van der Waals surface area contributed by atoms with Crippen LogP contribution in [0.1, 0.15) is 49.2 Å².